The largest absolute Gasteiger partial charge is 0.399 e. The van der Waals surface area contributed by atoms with E-state index in [-0.39, 0.29) is 0 Å². The van der Waals surface area contributed by atoms with Gasteiger partial charge in [-0.15, -0.1) is 0 Å². The SMILES string of the molecule is N#Cc1cc(N)ccc1NC1CCSCC1. The van der Waals surface area contributed by atoms with Crippen molar-refractivity contribution in [1.82, 2.24) is 0 Å². The molecule has 1 aliphatic heterocycles. The van der Waals surface area contributed by atoms with Crippen LogP contribution in [0.25, 0.3) is 0 Å². The van der Waals surface area contributed by atoms with E-state index in [0.29, 0.717) is 17.3 Å². The molecule has 0 unspecified atom stereocenters. The van der Waals surface area contributed by atoms with Crippen molar-refractivity contribution in [3.63, 3.8) is 0 Å². The van der Waals surface area contributed by atoms with Gasteiger partial charge in [-0.05, 0) is 42.5 Å². The summed E-state index contributed by atoms with van der Waals surface area (Å²) in [6, 6.07) is 8.13. The molecule has 1 saturated heterocycles. The van der Waals surface area contributed by atoms with Crippen LogP contribution in [-0.2, 0) is 0 Å². The Kier molecular flexibility index (Phi) is 3.58. The molecule has 1 aromatic carbocycles. The second-order valence-electron chi connectivity index (χ2n) is 3.95. The van der Waals surface area contributed by atoms with Crippen LogP contribution in [0.15, 0.2) is 18.2 Å². The van der Waals surface area contributed by atoms with E-state index in [2.05, 4.69) is 11.4 Å². The van der Waals surface area contributed by atoms with E-state index in [9.17, 15) is 0 Å². The second kappa shape index (κ2) is 5.13. The number of nitrogens with two attached hydrogens (primary N) is 1. The molecule has 84 valence electrons. The molecular formula is C12H15N3S. The fourth-order valence-corrected chi connectivity index (χ4v) is 2.95. The van der Waals surface area contributed by atoms with Gasteiger partial charge in [0.1, 0.15) is 6.07 Å². The van der Waals surface area contributed by atoms with Gasteiger partial charge >= 0.3 is 0 Å². The van der Waals surface area contributed by atoms with Gasteiger partial charge < -0.3 is 11.1 Å². The van der Waals surface area contributed by atoms with Gasteiger partial charge in [-0.25, -0.2) is 0 Å². The normalized spacial score (nSPS) is 16.7. The summed E-state index contributed by atoms with van der Waals surface area (Å²) in [6.07, 6.45) is 2.33. The summed E-state index contributed by atoms with van der Waals surface area (Å²) in [5.74, 6) is 2.41. The minimum absolute atomic E-state index is 0.497. The third-order valence-corrected chi connectivity index (χ3v) is 3.79. The van der Waals surface area contributed by atoms with Gasteiger partial charge in [0, 0.05) is 11.7 Å². The third-order valence-electron chi connectivity index (χ3n) is 2.75. The maximum atomic E-state index is 9.02. The Morgan fingerprint density at radius 2 is 2.12 bits per heavy atom. The molecule has 1 aliphatic rings. The van der Waals surface area contributed by atoms with Crippen molar-refractivity contribution in [1.29, 1.82) is 5.26 Å². The molecule has 3 nitrogen and oxygen atoms in total. The quantitative estimate of drug-likeness (QED) is 0.770. The lowest BCUT2D eigenvalue weighted by atomic mass is 10.1. The summed E-state index contributed by atoms with van der Waals surface area (Å²) >= 11 is 2.00. The van der Waals surface area contributed by atoms with E-state index in [1.165, 1.54) is 24.3 Å². The highest BCUT2D eigenvalue weighted by Crippen LogP contribution is 2.24. The zero-order valence-electron chi connectivity index (χ0n) is 9.07. The van der Waals surface area contributed by atoms with Crippen molar-refractivity contribution in [2.24, 2.45) is 0 Å². The summed E-state index contributed by atoms with van der Waals surface area (Å²) in [7, 11) is 0. The Morgan fingerprint density at radius 3 is 2.81 bits per heavy atom. The van der Waals surface area contributed by atoms with Crippen LogP contribution in [-0.4, -0.2) is 17.5 Å². The number of nitrogens with zero attached hydrogens (tertiary/aromatic N) is 1. The van der Waals surface area contributed by atoms with Crippen LogP contribution >= 0.6 is 11.8 Å². The molecule has 1 fully saturated rings. The van der Waals surface area contributed by atoms with Crippen molar-refractivity contribution in [2.75, 3.05) is 22.6 Å². The van der Waals surface area contributed by atoms with Crippen molar-refractivity contribution < 1.29 is 0 Å². The predicted octanol–water partition coefficient (Wildman–Crippen LogP) is 2.45. The molecular weight excluding hydrogens is 218 g/mol. The number of nitriles is 1. The van der Waals surface area contributed by atoms with E-state index in [0.717, 1.165) is 5.69 Å². The molecule has 0 aliphatic carbocycles. The van der Waals surface area contributed by atoms with Crippen LogP contribution in [0.2, 0.25) is 0 Å². The number of benzene rings is 1. The highest BCUT2D eigenvalue weighted by Gasteiger charge is 2.14. The Labute approximate surface area is 100 Å². The molecule has 0 aromatic heterocycles. The van der Waals surface area contributed by atoms with Gasteiger partial charge in [-0.2, -0.15) is 17.0 Å². The predicted molar refractivity (Wildman–Crippen MR) is 69.5 cm³/mol. The maximum Gasteiger partial charge on any atom is 0.101 e. The smallest absolute Gasteiger partial charge is 0.101 e. The summed E-state index contributed by atoms with van der Waals surface area (Å²) < 4.78 is 0. The van der Waals surface area contributed by atoms with E-state index < -0.39 is 0 Å². The fraction of sp³-hybridized carbons (Fsp3) is 0.417. The van der Waals surface area contributed by atoms with Crippen LogP contribution in [0.5, 0.6) is 0 Å². The van der Waals surface area contributed by atoms with Crippen LogP contribution in [0.3, 0.4) is 0 Å². The van der Waals surface area contributed by atoms with Gasteiger partial charge in [-0.3, -0.25) is 0 Å². The monoisotopic (exact) mass is 233 g/mol. The molecule has 1 heterocycles. The van der Waals surface area contributed by atoms with E-state index in [4.69, 9.17) is 11.0 Å². The molecule has 0 spiro atoms. The fourth-order valence-electron chi connectivity index (χ4n) is 1.84. The summed E-state index contributed by atoms with van der Waals surface area (Å²) in [4.78, 5) is 0. The number of hydrogen-bond acceptors (Lipinski definition) is 4. The van der Waals surface area contributed by atoms with Gasteiger partial charge in [0.25, 0.3) is 0 Å². The molecule has 0 amide bonds. The molecule has 4 heteroatoms. The minimum Gasteiger partial charge on any atom is -0.399 e. The molecule has 0 atom stereocenters. The lowest BCUT2D eigenvalue weighted by Crippen LogP contribution is -2.24. The van der Waals surface area contributed by atoms with Crippen LogP contribution < -0.4 is 11.1 Å². The molecule has 1 aromatic rings. The summed E-state index contributed by atoms with van der Waals surface area (Å²) in [6.45, 7) is 0. The number of hydrogen-bond donors (Lipinski definition) is 2. The lowest BCUT2D eigenvalue weighted by molar-refractivity contribution is 0.666. The second-order valence-corrected chi connectivity index (χ2v) is 5.17. The first-order chi connectivity index (χ1) is 7.79. The van der Waals surface area contributed by atoms with Gasteiger partial charge in [0.2, 0.25) is 0 Å². The Morgan fingerprint density at radius 1 is 1.38 bits per heavy atom. The standard InChI is InChI=1S/C12H15N3S/c13-8-9-7-10(14)1-2-12(9)15-11-3-5-16-6-4-11/h1-2,7,11,15H,3-6,14H2. The van der Waals surface area contributed by atoms with Crippen molar-refractivity contribution >= 4 is 23.1 Å². The Bertz CT molecular complexity index is 405. The molecule has 0 bridgehead atoms. The van der Waals surface area contributed by atoms with Crippen LogP contribution in [0.4, 0.5) is 11.4 Å². The van der Waals surface area contributed by atoms with Crippen LogP contribution in [0.1, 0.15) is 18.4 Å². The molecule has 16 heavy (non-hydrogen) atoms. The van der Waals surface area contributed by atoms with Gasteiger partial charge in [0.15, 0.2) is 0 Å². The molecule has 3 N–H and O–H groups in total. The lowest BCUT2D eigenvalue weighted by Gasteiger charge is -2.24. The van der Waals surface area contributed by atoms with Crippen molar-refractivity contribution in [3.05, 3.63) is 23.8 Å². The van der Waals surface area contributed by atoms with E-state index in [1.807, 2.05) is 23.9 Å². The zero-order valence-corrected chi connectivity index (χ0v) is 9.89. The Hall–Kier alpha value is -1.34. The topological polar surface area (TPSA) is 61.8 Å². The summed E-state index contributed by atoms with van der Waals surface area (Å²) in [5, 5.41) is 12.5. The first-order valence-electron chi connectivity index (χ1n) is 5.43. The molecule has 0 saturated carbocycles. The Balaban J connectivity index is 2.11. The van der Waals surface area contributed by atoms with Gasteiger partial charge in [0.05, 0.1) is 11.3 Å². The summed E-state index contributed by atoms with van der Waals surface area (Å²) in [5.41, 5.74) is 7.84. The maximum absolute atomic E-state index is 9.02. The average Bonchev–Trinajstić information content (AvgIpc) is 2.33. The highest BCUT2D eigenvalue weighted by molar-refractivity contribution is 7.99. The zero-order chi connectivity index (χ0) is 11.4. The van der Waals surface area contributed by atoms with E-state index in [1.54, 1.807) is 6.07 Å². The van der Waals surface area contributed by atoms with Crippen molar-refractivity contribution in [3.8, 4) is 6.07 Å². The number of rotatable bonds is 2. The number of nitrogens with one attached hydrogen (secondary N) is 1. The first kappa shape index (κ1) is 11.2. The number of nitrogen functional groups attached to an aromatic ring is 1. The van der Waals surface area contributed by atoms with Crippen molar-refractivity contribution in [2.45, 2.75) is 18.9 Å². The molecule has 0 radical (unpaired) electrons. The average molecular weight is 233 g/mol. The molecule has 2 rings (SSSR count). The van der Waals surface area contributed by atoms with Gasteiger partial charge in [-0.1, -0.05) is 0 Å². The van der Waals surface area contributed by atoms with E-state index >= 15 is 0 Å². The first-order valence-corrected chi connectivity index (χ1v) is 6.59. The minimum atomic E-state index is 0.497. The number of thioether (sulfide) groups is 1. The third kappa shape index (κ3) is 2.61. The highest BCUT2D eigenvalue weighted by atomic mass is 32.2. The number of anilines is 2. The van der Waals surface area contributed by atoms with Crippen LogP contribution in [0, 0.1) is 11.3 Å².